The number of hydrogen-bond donors (Lipinski definition) is 3. The number of fused-ring (bicyclic) bond motifs is 1. The van der Waals surface area contributed by atoms with E-state index < -0.39 is 0 Å². The molecule has 3 atom stereocenters. The van der Waals surface area contributed by atoms with Crippen molar-refractivity contribution in [3.63, 3.8) is 0 Å². The minimum atomic E-state index is 0. The van der Waals surface area contributed by atoms with Crippen LogP contribution < -0.4 is 25.6 Å². The molecule has 2 fully saturated rings. The Labute approximate surface area is 155 Å². The minimum Gasteiger partial charge on any atom is -0.486 e. The number of ether oxygens (including phenoxy) is 3. The van der Waals surface area contributed by atoms with Crippen LogP contribution >= 0.6 is 12.4 Å². The number of rotatable bonds is 5. The van der Waals surface area contributed by atoms with Gasteiger partial charge in [-0.05, 0) is 36.5 Å². The largest absolute Gasteiger partial charge is 0.486 e. The van der Waals surface area contributed by atoms with E-state index in [2.05, 4.69) is 28.3 Å². The number of hydrogen-bond acceptors (Lipinski definition) is 6. The molecule has 2 saturated heterocycles. The lowest BCUT2D eigenvalue weighted by molar-refractivity contribution is 0.0545. The smallest absolute Gasteiger partial charge is 0.161 e. The van der Waals surface area contributed by atoms with Crippen molar-refractivity contribution in [2.24, 2.45) is 11.8 Å². The maximum atomic E-state index is 5.72. The van der Waals surface area contributed by atoms with Gasteiger partial charge in [0, 0.05) is 32.2 Å². The third-order valence-corrected chi connectivity index (χ3v) is 5.11. The molecule has 3 N–H and O–H groups in total. The maximum absolute atomic E-state index is 5.72. The summed E-state index contributed by atoms with van der Waals surface area (Å²) in [5, 5.41) is 3.64. The first-order valence-corrected chi connectivity index (χ1v) is 9.06. The van der Waals surface area contributed by atoms with E-state index in [0.717, 1.165) is 44.3 Å². The second-order valence-corrected chi connectivity index (χ2v) is 6.91. The van der Waals surface area contributed by atoms with Crippen LogP contribution in [-0.2, 0) is 4.74 Å². The summed E-state index contributed by atoms with van der Waals surface area (Å²) in [5.74, 6) is 2.88. The molecule has 0 bridgehead atoms. The number of hydrazine groups is 1. The fraction of sp³-hybridized carbons (Fsp3) is 0.667. The van der Waals surface area contributed by atoms with E-state index in [1.807, 2.05) is 6.07 Å². The second kappa shape index (κ2) is 9.05. The van der Waals surface area contributed by atoms with Crippen LogP contribution in [0.3, 0.4) is 0 Å². The molecule has 0 spiro atoms. The van der Waals surface area contributed by atoms with Crippen molar-refractivity contribution in [2.45, 2.75) is 18.9 Å². The van der Waals surface area contributed by atoms with Crippen molar-refractivity contribution in [1.29, 1.82) is 0 Å². The van der Waals surface area contributed by atoms with Gasteiger partial charge in [0.25, 0.3) is 0 Å². The lowest BCUT2D eigenvalue weighted by atomic mass is 9.94. The first-order chi connectivity index (χ1) is 11.9. The predicted molar refractivity (Wildman–Crippen MR) is 98.5 cm³/mol. The fourth-order valence-corrected chi connectivity index (χ4v) is 3.78. The van der Waals surface area contributed by atoms with Gasteiger partial charge in [0.2, 0.25) is 0 Å². The normalized spacial score (nSPS) is 28.4. The maximum Gasteiger partial charge on any atom is 0.161 e. The van der Waals surface area contributed by atoms with Crippen molar-refractivity contribution in [3.05, 3.63) is 23.8 Å². The number of benzene rings is 1. The molecule has 25 heavy (non-hydrogen) atoms. The van der Waals surface area contributed by atoms with Gasteiger partial charge in [-0.25, -0.2) is 5.43 Å². The Bertz CT molecular complexity index is 554. The number of nitrogens with one attached hydrogen (secondary N) is 3. The first-order valence-electron chi connectivity index (χ1n) is 9.06. The summed E-state index contributed by atoms with van der Waals surface area (Å²) in [6, 6.07) is 6.56. The van der Waals surface area contributed by atoms with E-state index in [1.54, 1.807) is 0 Å². The SMILES string of the molecule is Cl.c1cc2c(cc1C1NNCC1CNCC1CCCOC1)OCCO2. The quantitative estimate of drug-likeness (QED) is 0.733. The summed E-state index contributed by atoms with van der Waals surface area (Å²) in [6.07, 6.45) is 2.47. The van der Waals surface area contributed by atoms with Crippen molar-refractivity contribution in [1.82, 2.24) is 16.2 Å². The third-order valence-electron chi connectivity index (χ3n) is 5.11. The Balaban J connectivity index is 0.00000182. The average molecular weight is 370 g/mol. The van der Waals surface area contributed by atoms with Gasteiger partial charge in [0.05, 0.1) is 12.6 Å². The van der Waals surface area contributed by atoms with Crippen molar-refractivity contribution in [3.8, 4) is 11.5 Å². The zero-order chi connectivity index (χ0) is 16.2. The molecule has 3 aliphatic heterocycles. The molecule has 7 heteroatoms. The number of halogens is 1. The van der Waals surface area contributed by atoms with E-state index in [0.29, 0.717) is 25.0 Å². The summed E-state index contributed by atoms with van der Waals surface area (Å²) in [4.78, 5) is 0. The molecular formula is C18H28ClN3O3. The monoisotopic (exact) mass is 369 g/mol. The van der Waals surface area contributed by atoms with E-state index in [-0.39, 0.29) is 18.4 Å². The Kier molecular flexibility index (Phi) is 6.78. The summed E-state index contributed by atoms with van der Waals surface area (Å²) in [5.41, 5.74) is 7.96. The minimum absolute atomic E-state index is 0. The molecule has 1 aromatic rings. The summed E-state index contributed by atoms with van der Waals surface area (Å²) in [6.45, 7) is 6.10. The Morgan fingerprint density at radius 2 is 1.96 bits per heavy atom. The van der Waals surface area contributed by atoms with Gasteiger partial charge in [-0.3, -0.25) is 5.43 Å². The first kappa shape index (κ1) is 18.7. The average Bonchev–Trinajstić information content (AvgIpc) is 3.11. The molecule has 6 nitrogen and oxygen atoms in total. The summed E-state index contributed by atoms with van der Waals surface area (Å²) < 4.78 is 16.9. The van der Waals surface area contributed by atoms with Crippen LogP contribution in [0.1, 0.15) is 24.4 Å². The molecule has 3 heterocycles. The topological polar surface area (TPSA) is 63.8 Å². The molecule has 140 valence electrons. The summed E-state index contributed by atoms with van der Waals surface area (Å²) >= 11 is 0. The molecule has 3 aliphatic rings. The molecule has 0 saturated carbocycles. The molecule has 0 radical (unpaired) electrons. The molecule has 4 rings (SSSR count). The molecule has 1 aromatic carbocycles. The van der Waals surface area contributed by atoms with E-state index in [1.165, 1.54) is 18.4 Å². The van der Waals surface area contributed by atoms with Gasteiger partial charge in [0.1, 0.15) is 13.2 Å². The molecular weight excluding hydrogens is 342 g/mol. The second-order valence-electron chi connectivity index (χ2n) is 6.91. The summed E-state index contributed by atoms with van der Waals surface area (Å²) in [7, 11) is 0. The van der Waals surface area contributed by atoms with Gasteiger partial charge in [0.15, 0.2) is 11.5 Å². The zero-order valence-electron chi connectivity index (χ0n) is 14.5. The van der Waals surface area contributed by atoms with E-state index in [4.69, 9.17) is 14.2 Å². The van der Waals surface area contributed by atoms with Crippen LogP contribution in [-0.4, -0.2) is 46.1 Å². The van der Waals surface area contributed by atoms with Gasteiger partial charge in [-0.1, -0.05) is 6.07 Å². The van der Waals surface area contributed by atoms with Crippen LogP contribution in [0.25, 0.3) is 0 Å². The van der Waals surface area contributed by atoms with Crippen molar-refractivity contribution in [2.75, 3.05) is 46.1 Å². The lowest BCUT2D eigenvalue weighted by Gasteiger charge is -2.25. The van der Waals surface area contributed by atoms with E-state index in [9.17, 15) is 0 Å². The van der Waals surface area contributed by atoms with Gasteiger partial charge < -0.3 is 19.5 Å². The zero-order valence-corrected chi connectivity index (χ0v) is 15.3. The Morgan fingerprint density at radius 1 is 1.08 bits per heavy atom. The lowest BCUT2D eigenvalue weighted by Crippen LogP contribution is -2.34. The van der Waals surface area contributed by atoms with Gasteiger partial charge in [-0.15, -0.1) is 12.4 Å². The van der Waals surface area contributed by atoms with Gasteiger partial charge >= 0.3 is 0 Å². The fourth-order valence-electron chi connectivity index (χ4n) is 3.78. The van der Waals surface area contributed by atoms with Crippen LogP contribution in [0.2, 0.25) is 0 Å². The Hall–Kier alpha value is -1.05. The highest BCUT2D eigenvalue weighted by atomic mass is 35.5. The standard InChI is InChI=1S/C18H27N3O3.ClH/c1-2-13(12-22-5-1)9-19-10-15-11-20-21-18(15)14-3-4-16-17(8-14)24-7-6-23-16;/h3-4,8,13,15,18-21H,1-2,5-7,9-12H2;1H. The van der Waals surface area contributed by atoms with Crippen LogP contribution in [0.15, 0.2) is 18.2 Å². The Morgan fingerprint density at radius 3 is 2.80 bits per heavy atom. The molecule has 0 aromatic heterocycles. The molecule has 0 aliphatic carbocycles. The van der Waals surface area contributed by atoms with Gasteiger partial charge in [-0.2, -0.15) is 0 Å². The van der Waals surface area contributed by atoms with Crippen molar-refractivity contribution >= 4 is 12.4 Å². The predicted octanol–water partition coefficient (Wildman–Crippen LogP) is 1.66. The molecule has 0 amide bonds. The van der Waals surface area contributed by atoms with E-state index >= 15 is 0 Å². The molecule has 3 unspecified atom stereocenters. The highest BCUT2D eigenvalue weighted by Crippen LogP contribution is 2.35. The third kappa shape index (κ3) is 4.57. The highest BCUT2D eigenvalue weighted by Gasteiger charge is 2.29. The van der Waals surface area contributed by atoms with Crippen LogP contribution in [0, 0.1) is 11.8 Å². The van der Waals surface area contributed by atoms with Crippen LogP contribution in [0.5, 0.6) is 11.5 Å². The van der Waals surface area contributed by atoms with Crippen molar-refractivity contribution < 1.29 is 14.2 Å². The highest BCUT2D eigenvalue weighted by molar-refractivity contribution is 5.85. The van der Waals surface area contributed by atoms with Crippen LogP contribution in [0.4, 0.5) is 0 Å².